The minimum absolute atomic E-state index is 0.323. The van der Waals surface area contributed by atoms with Crippen LogP contribution in [0.3, 0.4) is 0 Å². The molecular weight excluding hydrogens is 327 g/mol. The van der Waals surface area contributed by atoms with Crippen LogP contribution in [0.2, 0.25) is 0 Å². The Kier molecular flexibility index (Phi) is 2.79. The van der Waals surface area contributed by atoms with E-state index in [1.807, 2.05) is 0 Å². The summed E-state index contributed by atoms with van der Waals surface area (Å²) in [5.74, 6) is 0.323. The summed E-state index contributed by atoms with van der Waals surface area (Å²) in [6.07, 6.45) is 0. The molecule has 2 aromatic heterocycles. The molecule has 0 N–H and O–H groups in total. The largest absolute Gasteiger partial charge is 0.425 e. The number of fused-ring (bicyclic) bond motifs is 5. The van der Waals surface area contributed by atoms with Gasteiger partial charge >= 0.3 is 0 Å². The number of carbonyl (C=O) groups excluding carboxylic acids is 2. The fourth-order valence-electron chi connectivity index (χ4n) is 2.56. The Labute approximate surface area is 133 Å². The van der Waals surface area contributed by atoms with Crippen molar-refractivity contribution in [3.63, 3.8) is 0 Å². The maximum atomic E-state index is 11.3. The van der Waals surface area contributed by atoms with E-state index >= 15 is 0 Å². The average Bonchev–Trinajstić information content (AvgIpc) is 3.00. The van der Waals surface area contributed by atoms with Crippen molar-refractivity contribution in [2.45, 2.75) is 0 Å². The predicted molar refractivity (Wildman–Crippen MR) is 83.9 cm³/mol. The Balaban J connectivity index is 2.15. The maximum absolute atomic E-state index is 11.3. The molecule has 0 spiro atoms. The van der Waals surface area contributed by atoms with Gasteiger partial charge in [0.1, 0.15) is 11.2 Å². The summed E-state index contributed by atoms with van der Waals surface area (Å²) in [6.45, 7) is 0. The van der Waals surface area contributed by atoms with E-state index in [4.69, 9.17) is 32.0 Å². The number of rotatable bonds is 2. The predicted octanol–water partition coefficient (Wildman–Crippen LogP) is 5.09. The van der Waals surface area contributed by atoms with Crippen LogP contribution >= 0.6 is 23.2 Å². The van der Waals surface area contributed by atoms with Gasteiger partial charge in [0, 0.05) is 21.9 Å². The van der Waals surface area contributed by atoms with Gasteiger partial charge in [0.15, 0.2) is 0 Å². The molecule has 0 saturated carbocycles. The molecule has 0 aliphatic rings. The van der Waals surface area contributed by atoms with Gasteiger partial charge in [0.05, 0.1) is 5.39 Å². The van der Waals surface area contributed by atoms with Gasteiger partial charge in [0.25, 0.3) is 16.3 Å². The quantitative estimate of drug-likeness (QED) is 0.479. The SMILES string of the molecule is O=C(Cl)c1ccc2oc3oc4ccc(C(=O)Cl)cc4c3c2c1. The normalized spacial score (nSPS) is 11.5. The molecular formula is C16H6Cl2O4. The summed E-state index contributed by atoms with van der Waals surface area (Å²) >= 11 is 11.1. The van der Waals surface area contributed by atoms with E-state index in [0.717, 1.165) is 0 Å². The van der Waals surface area contributed by atoms with Gasteiger partial charge in [-0.25, -0.2) is 0 Å². The van der Waals surface area contributed by atoms with Crippen LogP contribution in [0.5, 0.6) is 0 Å². The van der Waals surface area contributed by atoms with Gasteiger partial charge in [-0.15, -0.1) is 0 Å². The molecule has 0 unspecified atom stereocenters. The van der Waals surface area contributed by atoms with Crippen LogP contribution in [0.4, 0.5) is 0 Å². The lowest BCUT2D eigenvalue weighted by Gasteiger charge is -1.96. The highest BCUT2D eigenvalue weighted by atomic mass is 35.5. The molecule has 0 amide bonds. The molecule has 4 rings (SSSR count). The molecule has 22 heavy (non-hydrogen) atoms. The maximum Gasteiger partial charge on any atom is 0.299 e. The lowest BCUT2D eigenvalue weighted by molar-refractivity contribution is 0.107. The Hall–Kier alpha value is -2.30. The zero-order valence-corrected chi connectivity index (χ0v) is 12.4. The van der Waals surface area contributed by atoms with Gasteiger partial charge in [-0.3, -0.25) is 9.59 Å². The smallest absolute Gasteiger partial charge is 0.299 e. The Morgan fingerprint density at radius 1 is 0.773 bits per heavy atom. The Morgan fingerprint density at radius 2 is 1.23 bits per heavy atom. The lowest BCUT2D eigenvalue weighted by Crippen LogP contribution is -1.87. The van der Waals surface area contributed by atoms with Crippen molar-refractivity contribution in [3.8, 4) is 0 Å². The number of hydrogen-bond acceptors (Lipinski definition) is 4. The highest BCUT2D eigenvalue weighted by molar-refractivity contribution is 6.68. The van der Waals surface area contributed by atoms with E-state index in [0.29, 0.717) is 44.2 Å². The topological polar surface area (TPSA) is 60.4 Å². The molecule has 4 aromatic rings. The molecule has 0 saturated heterocycles. The summed E-state index contributed by atoms with van der Waals surface area (Å²) < 4.78 is 11.3. The summed E-state index contributed by atoms with van der Waals surface area (Å²) in [6, 6.07) is 9.75. The molecule has 2 aromatic carbocycles. The molecule has 0 radical (unpaired) electrons. The third kappa shape index (κ3) is 1.85. The fourth-order valence-corrected chi connectivity index (χ4v) is 2.80. The highest BCUT2D eigenvalue weighted by Crippen LogP contribution is 2.38. The van der Waals surface area contributed by atoms with E-state index < -0.39 is 10.5 Å². The van der Waals surface area contributed by atoms with Crippen molar-refractivity contribution in [2.75, 3.05) is 0 Å². The molecule has 0 bridgehead atoms. The molecule has 0 aliphatic heterocycles. The molecule has 4 nitrogen and oxygen atoms in total. The van der Waals surface area contributed by atoms with Crippen LogP contribution in [0.1, 0.15) is 20.7 Å². The second kappa shape index (κ2) is 4.60. The Bertz CT molecular complexity index is 1000. The van der Waals surface area contributed by atoms with E-state index in [1.165, 1.54) is 0 Å². The van der Waals surface area contributed by atoms with E-state index in [-0.39, 0.29) is 0 Å². The van der Waals surface area contributed by atoms with Crippen LogP contribution in [0, 0.1) is 0 Å². The molecule has 6 heteroatoms. The highest BCUT2D eigenvalue weighted by Gasteiger charge is 2.18. The zero-order valence-electron chi connectivity index (χ0n) is 10.9. The van der Waals surface area contributed by atoms with Crippen molar-refractivity contribution in [2.24, 2.45) is 0 Å². The zero-order chi connectivity index (χ0) is 15.4. The van der Waals surface area contributed by atoms with Crippen molar-refractivity contribution >= 4 is 66.8 Å². The van der Waals surface area contributed by atoms with Crippen LogP contribution in [0.15, 0.2) is 45.2 Å². The number of halogens is 2. The van der Waals surface area contributed by atoms with Gasteiger partial charge in [-0.1, -0.05) is 0 Å². The van der Waals surface area contributed by atoms with E-state index in [2.05, 4.69) is 0 Å². The minimum Gasteiger partial charge on any atom is -0.425 e. The van der Waals surface area contributed by atoms with E-state index in [1.54, 1.807) is 36.4 Å². The monoisotopic (exact) mass is 332 g/mol. The standard InChI is InChI=1S/C16H6Cl2O4/c17-14(19)7-1-3-11-9(5-7)13-10-6-8(15(18)20)2-4-12(10)22-16(13)21-11/h1-6H. The van der Waals surface area contributed by atoms with Crippen LogP contribution in [0.25, 0.3) is 33.1 Å². The molecule has 0 aliphatic carbocycles. The number of furan rings is 2. The average molecular weight is 333 g/mol. The molecule has 2 heterocycles. The molecule has 0 atom stereocenters. The van der Waals surface area contributed by atoms with Crippen LogP contribution in [-0.4, -0.2) is 10.5 Å². The third-order valence-corrected chi connectivity index (χ3v) is 4.00. The second-order valence-electron chi connectivity index (χ2n) is 4.84. The summed E-state index contributed by atoms with van der Waals surface area (Å²) in [5.41, 5.74) is 1.85. The van der Waals surface area contributed by atoms with Gasteiger partial charge in [-0.2, -0.15) is 0 Å². The summed E-state index contributed by atoms with van der Waals surface area (Å²) in [4.78, 5) is 22.7. The molecule has 0 fully saturated rings. The second-order valence-corrected chi connectivity index (χ2v) is 5.52. The van der Waals surface area contributed by atoms with Crippen molar-refractivity contribution in [3.05, 3.63) is 47.5 Å². The first-order valence-corrected chi connectivity index (χ1v) is 7.08. The first-order chi connectivity index (χ1) is 10.5. The fraction of sp³-hybridized carbons (Fsp3) is 0. The van der Waals surface area contributed by atoms with Gasteiger partial charge < -0.3 is 8.83 Å². The van der Waals surface area contributed by atoms with E-state index in [9.17, 15) is 9.59 Å². The van der Waals surface area contributed by atoms with Crippen molar-refractivity contribution < 1.29 is 18.4 Å². The lowest BCUT2D eigenvalue weighted by atomic mass is 10.1. The van der Waals surface area contributed by atoms with Gasteiger partial charge in [-0.05, 0) is 59.6 Å². The van der Waals surface area contributed by atoms with Crippen LogP contribution in [-0.2, 0) is 0 Å². The minimum atomic E-state index is -0.555. The summed E-state index contributed by atoms with van der Waals surface area (Å²) in [7, 11) is 0. The van der Waals surface area contributed by atoms with Gasteiger partial charge in [0.2, 0.25) is 0 Å². The Morgan fingerprint density at radius 3 is 1.64 bits per heavy atom. The first-order valence-electron chi connectivity index (χ1n) is 6.33. The summed E-state index contributed by atoms with van der Waals surface area (Å²) in [5, 5.41) is 0.963. The van der Waals surface area contributed by atoms with Crippen LogP contribution < -0.4 is 0 Å². The van der Waals surface area contributed by atoms with Crippen molar-refractivity contribution in [1.29, 1.82) is 0 Å². The third-order valence-electron chi connectivity index (χ3n) is 3.56. The van der Waals surface area contributed by atoms with Crippen molar-refractivity contribution in [1.82, 2.24) is 0 Å². The number of hydrogen-bond donors (Lipinski definition) is 0. The first kappa shape index (κ1) is 13.4. The number of carbonyl (C=O) groups is 2. The molecule has 108 valence electrons. The number of benzene rings is 2.